The third-order valence-electron chi connectivity index (χ3n) is 4.19. The van der Waals surface area contributed by atoms with E-state index in [1.165, 1.54) is 48.8 Å². The second-order valence-corrected chi connectivity index (χ2v) is 7.25. The second kappa shape index (κ2) is 9.81. The first kappa shape index (κ1) is 21.9. The number of nitrogens with zero attached hydrogens (tertiary/aromatic N) is 3. The van der Waals surface area contributed by atoms with Crippen LogP contribution in [-0.2, 0) is 20.9 Å². The Kier molecular flexibility index (Phi) is 6.93. The van der Waals surface area contributed by atoms with E-state index < -0.39 is 16.8 Å². The highest BCUT2D eigenvalue weighted by Gasteiger charge is 2.12. The van der Waals surface area contributed by atoms with Crippen LogP contribution in [0.1, 0.15) is 12.5 Å². The van der Waals surface area contributed by atoms with Crippen molar-refractivity contribution in [3.05, 3.63) is 69.0 Å². The number of amides is 1. The van der Waals surface area contributed by atoms with E-state index in [1.807, 2.05) is 13.0 Å². The minimum Gasteiger partial charge on any atom is -0.494 e. The number of aromatic nitrogens is 1. The van der Waals surface area contributed by atoms with Gasteiger partial charge in [0, 0.05) is 18.2 Å². The number of carbonyl (C=O) groups excluding carboxylic acids is 2. The van der Waals surface area contributed by atoms with Crippen molar-refractivity contribution in [2.75, 3.05) is 13.7 Å². The molecular formula is C21H19N3O6S. The van der Waals surface area contributed by atoms with E-state index in [0.29, 0.717) is 28.2 Å². The molecule has 0 aliphatic heterocycles. The molecule has 0 N–H and O–H groups in total. The zero-order valence-corrected chi connectivity index (χ0v) is 17.6. The molecule has 1 aromatic heterocycles. The Bertz CT molecular complexity index is 1240. The molecule has 0 saturated heterocycles. The van der Waals surface area contributed by atoms with Crippen LogP contribution in [-0.4, -0.2) is 35.1 Å². The Labute approximate surface area is 181 Å². The van der Waals surface area contributed by atoms with Crippen molar-refractivity contribution in [1.82, 2.24) is 4.57 Å². The Morgan fingerprint density at radius 3 is 2.77 bits per heavy atom. The Morgan fingerprint density at radius 1 is 1.26 bits per heavy atom. The van der Waals surface area contributed by atoms with Gasteiger partial charge >= 0.3 is 5.97 Å². The van der Waals surface area contributed by atoms with Crippen molar-refractivity contribution in [3.8, 4) is 5.75 Å². The number of non-ortho nitro benzene ring substituents is 1. The van der Waals surface area contributed by atoms with Gasteiger partial charge in [-0.3, -0.25) is 19.7 Å². The Hall–Kier alpha value is -3.79. The number of esters is 1. The van der Waals surface area contributed by atoms with Crippen molar-refractivity contribution < 1.29 is 24.0 Å². The number of nitro benzene ring substituents is 1. The molecule has 0 unspecified atom stereocenters. The van der Waals surface area contributed by atoms with E-state index in [1.54, 1.807) is 22.8 Å². The Morgan fingerprint density at radius 2 is 2.06 bits per heavy atom. The zero-order valence-electron chi connectivity index (χ0n) is 16.8. The van der Waals surface area contributed by atoms with Crippen LogP contribution in [0.25, 0.3) is 16.3 Å². The Balaban J connectivity index is 1.97. The fourth-order valence-electron chi connectivity index (χ4n) is 2.78. The van der Waals surface area contributed by atoms with Crippen molar-refractivity contribution >= 4 is 45.2 Å². The number of hydrogen-bond acceptors (Lipinski definition) is 7. The molecule has 0 atom stereocenters. The minimum absolute atomic E-state index is 0.0722. The third-order valence-corrected chi connectivity index (χ3v) is 5.23. The van der Waals surface area contributed by atoms with Gasteiger partial charge in [0.2, 0.25) is 0 Å². The molecule has 31 heavy (non-hydrogen) atoms. The average Bonchev–Trinajstić information content (AvgIpc) is 3.08. The lowest BCUT2D eigenvalue weighted by molar-refractivity contribution is -0.384. The van der Waals surface area contributed by atoms with Crippen molar-refractivity contribution in [3.63, 3.8) is 0 Å². The first-order valence-electron chi connectivity index (χ1n) is 9.25. The smallest absolute Gasteiger partial charge is 0.325 e. The van der Waals surface area contributed by atoms with Gasteiger partial charge in [-0.15, -0.1) is 0 Å². The van der Waals surface area contributed by atoms with Crippen LogP contribution in [0.4, 0.5) is 5.69 Å². The lowest BCUT2D eigenvalue weighted by atomic mass is 10.2. The third kappa shape index (κ3) is 5.43. The topological polar surface area (TPSA) is 113 Å². The summed E-state index contributed by atoms with van der Waals surface area (Å²) in [5.41, 5.74) is 1.14. The predicted octanol–water partition coefficient (Wildman–Crippen LogP) is 3.32. The molecule has 0 bridgehead atoms. The van der Waals surface area contributed by atoms with Gasteiger partial charge in [-0.1, -0.05) is 23.5 Å². The molecule has 9 nitrogen and oxygen atoms in total. The van der Waals surface area contributed by atoms with Gasteiger partial charge in [-0.05, 0) is 36.8 Å². The SMILES string of the molecule is CCOc1ccc2c(c1)sc(=NC(=O)C=Cc1cccc([N+](=O)[O-])c1)n2CC(=O)OC. The number of methoxy groups -OCH3 is 1. The number of rotatable bonds is 7. The molecule has 2 aromatic carbocycles. The van der Waals surface area contributed by atoms with Crippen LogP contribution in [0.15, 0.2) is 53.5 Å². The van der Waals surface area contributed by atoms with Crippen molar-refractivity contribution in [2.45, 2.75) is 13.5 Å². The maximum atomic E-state index is 12.4. The zero-order chi connectivity index (χ0) is 22.4. The summed E-state index contributed by atoms with van der Waals surface area (Å²) in [6.07, 6.45) is 2.67. The molecule has 1 heterocycles. The standard InChI is InChI=1S/C21H19N3O6S/c1-3-30-16-8-9-17-18(12-16)31-21(23(17)13-20(26)29-2)22-19(25)10-7-14-5-4-6-15(11-14)24(27)28/h4-12H,3,13H2,1-2H3. The fourth-order valence-corrected chi connectivity index (χ4v) is 3.85. The molecule has 0 saturated carbocycles. The van der Waals surface area contributed by atoms with E-state index >= 15 is 0 Å². The lowest BCUT2D eigenvalue weighted by Gasteiger charge is -2.05. The molecule has 0 radical (unpaired) electrons. The number of carbonyl (C=O) groups is 2. The first-order chi connectivity index (χ1) is 14.9. The van der Waals surface area contributed by atoms with Crippen LogP contribution >= 0.6 is 11.3 Å². The van der Waals surface area contributed by atoms with Gasteiger partial charge in [0.15, 0.2) is 4.80 Å². The monoisotopic (exact) mass is 441 g/mol. The number of benzene rings is 2. The average molecular weight is 441 g/mol. The number of fused-ring (bicyclic) bond motifs is 1. The summed E-state index contributed by atoms with van der Waals surface area (Å²) in [5.74, 6) is -0.374. The van der Waals surface area contributed by atoms with Crippen LogP contribution in [0.5, 0.6) is 5.75 Å². The van der Waals surface area contributed by atoms with E-state index in [2.05, 4.69) is 4.99 Å². The van der Waals surface area contributed by atoms with Crippen LogP contribution in [0.2, 0.25) is 0 Å². The predicted molar refractivity (Wildman–Crippen MR) is 116 cm³/mol. The van der Waals surface area contributed by atoms with Gasteiger partial charge in [-0.25, -0.2) is 0 Å². The van der Waals surface area contributed by atoms with E-state index in [-0.39, 0.29) is 12.2 Å². The van der Waals surface area contributed by atoms with Crippen molar-refractivity contribution in [1.29, 1.82) is 0 Å². The van der Waals surface area contributed by atoms with Crippen molar-refractivity contribution in [2.24, 2.45) is 4.99 Å². The highest BCUT2D eigenvalue weighted by molar-refractivity contribution is 7.16. The maximum Gasteiger partial charge on any atom is 0.325 e. The van der Waals surface area contributed by atoms with E-state index in [0.717, 1.165) is 4.70 Å². The number of ether oxygens (including phenoxy) is 2. The van der Waals surface area contributed by atoms with E-state index in [4.69, 9.17) is 9.47 Å². The second-order valence-electron chi connectivity index (χ2n) is 6.24. The molecule has 10 heteroatoms. The highest BCUT2D eigenvalue weighted by Crippen LogP contribution is 2.23. The molecule has 3 rings (SSSR count). The molecule has 160 valence electrons. The lowest BCUT2D eigenvalue weighted by Crippen LogP contribution is -2.22. The molecule has 0 spiro atoms. The summed E-state index contributed by atoms with van der Waals surface area (Å²) in [6.45, 7) is 2.28. The quantitative estimate of drug-likeness (QED) is 0.241. The summed E-state index contributed by atoms with van der Waals surface area (Å²) < 4.78 is 12.7. The summed E-state index contributed by atoms with van der Waals surface area (Å²) in [4.78, 5) is 39.1. The van der Waals surface area contributed by atoms with Gasteiger partial charge in [-0.2, -0.15) is 4.99 Å². The molecule has 0 aliphatic rings. The molecule has 3 aromatic rings. The minimum atomic E-state index is -0.568. The summed E-state index contributed by atoms with van der Waals surface area (Å²) in [6, 6.07) is 11.3. The number of nitro groups is 1. The summed E-state index contributed by atoms with van der Waals surface area (Å²) in [5, 5.41) is 10.9. The molecular weight excluding hydrogens is 422 g/mol. The fraction of sp³-hybridized carbons (Fsp3) is 0.190. The molecule has 0 fully saturated rings. The normalized spacial score (nSPS) is 11.7. The molecule has 0 aliphatic carbocycles. The maximum absolute atomic E-state index is 12.4. The van der Waals surface area contributed by atoms with Crippen LogP contribution in [0, 0.1) is 10.1 Å². The highest BCUT2D eigenvalue weighted by atomic mass is 32.1. The summed E-state index contributed by atoms with van der Waals surface area (Å²) in [7, 11) is 1.29. The van der Waals surface area contributed by atoms with Crippen LogP contribution in [0.3, 0.4) is 0 Å². The van der Waals surface area contributed by atoms with Gasteiger partial charge in [0.25, 0.3) is 11.6 Å². The number of hydrogen-bond donors (Lipinski definition) is 0. The van der Waals surface area contributed by atoms with Crippen LogP contribution < -0.4 is 9.54 Å². The number of thiazole rings is 1. The van der Waals surface area contributed by atoms with Gasteiger partial charge in [0.1, 0.15) is 12.3 Å². The van der Waals surface area contributed by atoms with E-state index in [9.17, 15) is 19.7 Å². The van der Waals surface area contributed by atoms with Gasteiger partial charge < -0.3 is 14.0 Å². The molecule has 1 amide bonds. The first-order valence-corrected chi connectivity index (χ1v) is 10.1. The largest absolute Gasteiger partial charge is 0.494 e. The summed E-state index contributed by atoms with van der Waals surface area (Å²) >= 11 is 1.24. The van der Waals surface area contributed by atoms with Gasteiger partial charge in [0.05, 0.1) is 28.9 Å².